The molecule has 0 saturated carbocycles. The predicted molar refractivity (Wildman–Crippen MR) is 99.2 cm³/mol. The molecular formula is C16H21N3OS3. The third-order valence-corrected chi connectivity index (χ3v) is 6.61. The van der Waals surface area contributed by atoms with Gasteiger partial charge in [-0.3, -0.25) is 4.79 Å². The minimum absolute atomic E-state index is 0.0184. The van der Waals surface area contributed by atoms with Crippen molar-refractivity contribution in [2.75, 3.05) is 11.5 Å². The van der Waals surface area contributed by atoms with E-state index in [0.717, 1.165) is 20.0 Å². The van der Waals surface area contributed by atoms with E-state index < -0.39 is 0 Å². The van der Waals surface area contributed by atoms with Gasteiger partial charge in [0.25, 0.3) is 0 Å². The zero-order chi connectivity index (χ0) is 16.7. The topological polar surface area (TPSA) is 54.9 Å². The molecule has 2 rings (SSSR count). The molecule has 0 spiro atoms. The van der Waals surface area contributed by atoms with Gasteiger partial charge in [0.15, 0.2) is 8.68 Å². The van der Waals surface area contributed by atoms with Crippen molar-refractivity contribution in [1.82, 2.24) is 15.5 Å². The number of aryl methyl sites for hydroxylation is 1. The van der Waals surface area contributed by atoms with Gasteiger partial charge in [0.1, 0.15) is 0 Å². The fourth-order valence-electron chi connectivity index (χ4n) is 1.73. The number of thioether (sulfide) groups is 2. The SMILES string of the molecule is Cc1ccccc1CNC(=O)CSc1nnc(SCC(C)C)s1. The third kappa shape index (κ3) is 6.53. The van der Waals surface area contributed by atoms with Crippen molar-refractivity contribution in [3.05, 3.63) is 35.4 Å². The lowest BCUT2D eigenvalue weighted by Crippen LogP contribution is -2.24. The number of amides is 1. The molecule has 2 aromatic rings. The summed E-state index contributed by atoms with van der Waals surface area (Å²) in [7, 11) is 0. The van der Waals surface area contributed by atoms with Gasteiger partial charge in [-0.2, -0.15) is 0 Å². The van der Waals surface area contributed by atoms with Crippen LogP contribution >= 0.6 is 34.9 Å². The number of carbonyl (C=O) groups excluding carboxylic acids is 1. The summed E-state index contributed by atoms with van der Waals surface area (Å²) in [5.41, 5.74) is 2.34. The van der Waals surface area contributed by atoms with Gasteiger partial charge in [-0.1, -0.05) is 73.0 Å². The lowest BCUT2D eigenvalue weighted by molar-refractivity contribution is -0.118. The van der Waals surface area contributed by atoms with Crippen molar-refractivity contribution in [2.45, 2.75) is 36.0 Å². The van der Waals surface area contributed by atoms with Crippen LogP contribution in [0.3, 0.4) is 0 Å². The number of hydrogen-bond donors (Lipinski definition) is 1. The fraction of sp³-hybridized carbons (Fsp3) is 0.438. The maximum atomic E-state index is 11.9. The van der Waals surface area contributed by atoms with Crippen LogP contribution < -0.4 is 5.32 Å². The highest BCUT2D eigenvalue weighted by Gasteiger charge is 2.09. The molecule has 0 bridgehead atoms. The maximum absolute atomic E-state index is 11.9. The quantitative estimate of drug-likeness (QED) is 0.715. The third-order valence-electron chi connectivity index (χ3n) is 2.99. The molecule has 1 aromatic heterocycles. The first kappa shape index (κ1) is 18.3. The van der Waals surface area contributed by atoms with Crippen molar-refractivity contribution in [3.8, 4) is 0 Å². The molecule has 7 heteroatoms. The molecule has 0 saturated heterocycles. The molecule has 0 fully saturated rings. The van der Waals surface area contributed by atoms with Crippen LogP contribution in [0, 0.1) is 12.8 Å². The van der Waals surface area contributed by atoms with E-state index >= 15 is 0 Å². The Bertz CT molecular complexity index is 643. The molecule has 1 aromatic carbocycles. The lowest BCUT2D eigenvalue weighted by atomic mass is 10.1. The molecule has 0 aliphatic rings. The van der Waals surface area contributed by atoms with E-state index in [0.29, 0.717) is 18.2 Å². The van der Waals surface area contributed by atoms with Crippen LogP contribution in [0.4, 0.5) is 0 Å². The molecular weight excluding hydrogens is 346 g/mol. The second-order valence-corrected chi connectivity index (χ2v) is 9.00. The van der Waals surface area contributed by atoms with Crippen LogP contribution in [0.5, 0.6) is 0 Å². The first-order chi connectivity index (χ1) is 11.0. The summed E-state index contributed by atoms with van der Waals surface area (Å²) >= 11 is 4.72. The zero-order valence-corrected chi connectivity index (χ0v) is 16.0. The van der Waals surface area contributed by atoms with Crippen LogP contribution in [0.1, 0.15) is 25.0 Å². The van der Waals surface area contributed by atoms with Gasteiger partial charge < -0.3 is 5.32 Å². The Morgan fingerprint density at radius 2 is 1.91 bits per heavy atom. The van der Waals surface area contributed by atoms with Crippen LogP contribution in [0.2, 0.25) is 0 Å². The smallest absolute Gasteiger partial charge is 0.230 e. The molecule has 124 valence electrons. The summed E-state index contributed by atoms with van der Waals surface area (Å²) in [5.74, 6) is 2.06. The number of hydrogen-bond acceptors (Lipinski definition) is 6. The van der Waals surface area contributed by atoms with Gasteiger partial charge in [0, 0.05) is 12.3 Å². The Morgan fingerprint density at radius 3 is 2.61 bits per heavy atom. The second kappa shape index (κ2) is 9.30. The highest BCUT2D eigenvalue weighted by Crippen LogP contribution is 2.29. The van der Waals surface area contributed by atoms with Crippen LogP contribution in [0.25, 0.3) is 0 Å². The summed E-state index contributed by atoms with van der Waals surface area (Å²) in [5, 5.41) is 11.2. The number of rotatable bonds is 8. The van der Waals surface area contributed by atoms with Crippen molar-refractivity contribution in [3.63, 3.8) is 0 Å². The molecule has 0 aliphatic heterocycles. The van der Waals surface area contributed by atoms with Gasteiger partial charge >= 0.3 is 0 Å². The lowest BCUT2D eigenvalue weighted by Gasteiger charge is -2.07. The number of nitrogens with zero attached hydrogens (tertiary/aromatic N) is 2. The average molecular weight is 368 g/mol. The first-order valence-electron chi connectivity index (χ1n) is 7.45. The molecule has 0 radical (unpaired) electrons. The Morgan fingerprint density at radius 1 is 1.22 bits per heavy atom. The highest BCUT2D eigenvalue weighted by molar-refractivity contribution is 8.03. The van der Waals surface area contributed by atoms with Crippen LogP contribution in [-0.4, -0.2) is 27.6 Å². The van der Waals surface area contributed by atoms with E-state index in [4.69, 9.17) is 0 Å². The van der Waals surface area contributed by atoms with Gasteiger partial charge in [0.05, 0.1) is 5.75 Å². The van der Waals surface area contributed by atoms with E-state index in [1.54, 1.807) is 23.1 Å². The molecule has 0 unspecified atom stereocenters. The minimum atomic E-state index is 0.0184. The molecule has 4 nitrogen and oxygen atoms in total. The number of carbonyl (C=O) groups is 1. The van der Waals surface area contributed by atoms with Crippen molar-refractivity contribution in [1.29, 1.82) is 0 Å². The maximum Gasteiger partial charge on any atom is 0.230 e. The Balaban J connectivity index is 1.73. The van der Waals surface area contributed by atoms with Gasteiger partial charge in [-0.15, -0.1) is 10.2 Å². The largest absolute Gasteiger partial charge is 0.351 e. The summed E-state index contributed by atoms with van der Waals surface area (Å²) in [4.78, 5) is 11.9. The van der Waals surface area contributed by atoms with Gasteiger partial charge in [-0.05, 0) is 24.0 Å². The van der Waals surface area contributed by atoms with Gasteiger partial charge in [0.2, 0.25) is 5.91 Å². The predicted octanol–water partition coefficient (Wildman–Crippen LogP) is 4.00. The van der Waals surface area contributed by atoms with Crippen molar-refractivity contribution in [2.24, 2.45) is 5.92 Å². The number of benzene rings is 1. The number of aromatic nitrogens is 2. The van der Waals surface area contributed by atoms with E-state index in [1.807, 2.05) is 31.2 Å². The molecule has 0 aliphatic carbocycles. The highest BCUT2D eigenvalue weighted by atomic mass is 32.2. The van der Waals surface area contributed by atoms with Crippen molar-refractivity contribution >= 4 is 40.8 Å². The monoisotopic (exact) mass is 367 g/mol. The Labute approximate surface area is 149 Å². The standard InChI is InChI=1S/C16H21N3OS3/c1-11(2)9-21-15-18-19-16(23-15)22-10-14(20)17-8-13-7-5-4-6-12(13)3/h4-7,11H,8-10H2,1-3H3,(H,17,20). The normalized spacial score (nSPS) is 11.0. The molecule has 1 N–H and O–H groups in total. The van der Waals surface area contributed by atoms with Crippen molar-refractivity contribution < 1.29 is 4.79 Å². The summed E-state index contributed by atoms with van der Waals surface area (Å²) < 4.78 is 1.82. The average Bonchev–Trinajstić information content (AvgIpc) is 2.98. The summed E-state index contributed by atoms with van der Waals surface area (Å²) in [6, 6.07) is 8.07. The molecule has 1 heterocycles. The minimum Gasteiger partial charge on any atom is -0.351 e. The first-order valence-corrected chi connectivity index (χ1v) is 10.2. The van der Waals surface area contributed by atoms with E-state index in [9.17, 15) is 4.79 Å². The second-order valence-electron chi connectivity index (χ2n) is 5.53. The van der Waals surface area contributed by atoms with E-state index in [1.165, 1.54) is 17.3 Å². The molecule has 0 atom stereocenters. The zero-order valence-electron chi connectivity index (χ0n) is 13.5. The summed E-state index contributed by atoms with van der Waals surface area (Å²) in [6.45, 7) is 6.98. The van der Waals surface area contributed by atoms with E-state index in [2.05, 4.69) is 29.4 Å². The number of nitrogens with one attached hydrogen (secondary N) is 1. The van der Waals surface area contributed by atoms with Crippen LogP contribution in [-0.2, 0) is 11.3 Å². The molecule has 23 heavy (non-hydrogen) atoms. The van der Waals surface area contributed by atoms with Gasteiger partial charge in [-0.25, -0.2) is 0 Å². The van der Waals surface area contributed by atoms with E-state index in [-0.39, 0.29) is 5.91 Å². The Hall–Kier alpha value is -1.05. The summed E-state index contributed by atoms with van der Waals surface area (Å²) in [6.07, 6.45) is 0. The van der Waals surface area contributed by atoms with Crippen LogP contribution in [0.15, 0.2) is 32.9 Å². The fourth-order valence-corrected chi connectivity index (χ4v) is 4.56. The Kier molecular flexibility index (Phi) is 7.39. The molecule has 1 amide bonds.